The Labute approximate surface area is 116 Å². The maximum atomic E-state index is 5.45. The average Bonchev–Trinajstić information content (AvgIpc) is 2.36. The predicted octanol–water partition coefficient (Wildman–Crippen LogP) is 3.42. The SMILES string of the molecule is CCOc1cc(C)nc(NCC2CCCC(C)C2)n1. The van der Waals surface area contributed by atoms with Gasteiger partial charge >= 0.3 is 0 Å². The topological polar surface area (TPSA) is 47.0 Å². The van der Waals surface area contributed by atoms with Gasteiger partial charge in [-0.3, -0.25) is 0 Å². The van der Waals surface area contributed by atoms with Crippen molar-refractivity contribution in [3.05, 3.63) is 11.8 Å². The van der Waals surface area contributed by atoms with Crippen LogP contribution in [0.1, 0.15) is 45.2 Å². The zero-order chi connectivity index (χ0) is 13.7. The lowest BCUT2D eigenvalue weighted by molar-refractivity contribution is 0.293. The molecule has 0 bridgehead atoms. The van der Waals surface area contributed by atoms with E-state index in [9.17, 15) is 0 Å². The van der Waals surface area contributed by atoms with Gasteiger partial charge in [-0.05, 0) is 38.5 Å². The Morgan fingerprint density at radius 1 is 1.37 bits per heavy atom. The van der Waals surface area contributed by atoms with E-state index in [0.717, 1.165) is 24.1 Å². The summed E-state index contributed by atoms with van der Waals surface area (Å²) in [6.07, 6.45) is 5.37. The molecule has 2 rings (SSSR count). The fraction of sp³-hybridized carbons (Fsp3) is 0.733. The van der Waals surface area contributed by atoms with Crippen LogP contribution < -0.4 is 10.1 Å². The molecule has 0 amide bonds. The van der Waals surface area contributed by atoms with E-state index in [-0.39, 0.29) is 0 Å². The second-order valence-corrected chi connectivity index (χ2v) is 5.62. The Bertz CT molecular complexity index is 408. The highest BCUT2D eigenvalue weighted by molar-refractivity contribution is 5.30. The molecule has 1 aromatic rings. The highest BCUT2D eigenvalue weighted by atomic mass is 16.5. The summed E-state index contributed by atoms with van der Waals surface area (Å²) in [5.74, 6) is 2.97. The maximum Gasteiger partial charge on any atom is 0.226 e. The van der Waals surface area contributed by atoms with Crippen molar-refractivity contribution in [1.29, 1.82) is 0 Å². The van der Waals surface area contributed by atoms with E-state index in [0.29, 0.717) is 18.4 Å². The van der Waals surface area contributed by atoms with Crippen molar-refractivity contribution in [1.82, 2.24) is 9.97 Å². The summed E-state index contributed by atoms with van der Waals surface area (Å²) in [4.78, 5) is 8.80. The first-order valence-corrected chi connectivity index (χ1v) is 7.39. The molecular weight excluding hydrogens is 238 g/mol. The van der Waals surface area contributed by atoms with Crippen molar-refractivity contribution in [2.24, 2.45) is 11.8 Å². The number of ether oxygens (including phenoxy) is 1. The Morgan fingerprint density at radius 2 is 2.21 bits per heavy atom. The Morgan fingerprint density at radius 3 is 2.95 bits per heavy atom. The lowest BCUT2D eigenvalue weighted by Crippen LogP contribution is -2.22. The fourth-order valence-electron chi connectivity index (χ4n) is 2.82. The summed E-state index contributed by atoms with van der Waals surface area (Å²) < 4.78 is 5.45. The summed E-state index contributed by atoms with van der Waals surface area (Å²) >= 11 is 0. The molecular formula is C15H25N3O. The first-order chi connectivity index (χ1) is 9.17. The number of aromatic nitrogens is 2. The van der Waals surface area contributed by atoms with Gasteiger partial charge in [0.05, 0.1) is 6.61 Å². The second kappa shape index (κ2) is 6.73. The van der Waals surface area contributed by atoms with Crippen molar-refractivity contribution in [3.8, 4) is 5.88 Å². The zero-order valence-electron chi connectivity index (χ0n) is 12.3. The van der Waals surface area contributed by atoms with Gasteiger partial charge in [0.25, 0.3) is 0 Å². The Balaban J connectivity index is 1.91. The van der Waals surface area contributed by atoms with E-state index in [1.807, 2.05) is 19.9 Å². The quantitative estimate of drug-likeness (QED) is 0.884. The number of rotatable bonds is 5. The molecule has 19 heavy (non-hydrogen) atoms. The van der Waals surface area contributed by atoms with Gasteiger partial charge in [-0.2, -0.15) is 4.98 Å². The number of anilines is 1. The summed E-state index contributed by atoms with van der Waals surface area (Å²) in [6, 6.07) is 1.87. The van der Waals surface area contributed by atoms with Crippen molar-refractivity contribution in [2.45, 2.75) is 46.5 Å². The first-order valence-electron chi connectivity index (χ1n) is 7.39. The smallest absolute Gasteiger partial charge is 0.226 e. The first kappa shape index (κ1) is 14.1. The standard InChI is InChI=1S/C15H25N3O/c1-4-19-14-9-12(3)17-15(18-14)16-10-13-7-5-6-11(2)8-13/h9,11,13H,4-8,10H2,1-3H3,(H,16,17,18). The summed E-state index contributed by atoms with van der Waals surface area (Å²) in [6.45, 7) is 7.89. The molecule has 0 aromatic carbocycles. The minimum Gasteiger partial charge on any atom is -0.478 e. The highest BCUT2D eigenvalue weighted by Gasteiger charge is 2.18. The van der Waals surface area contributed by atoms with Crippen LogP contribution in [0, 0.1) is 18.8 Å². The van der Waals surface area contributed by atoms with Gasteiger partial charge in [0.2, 0.25) is 11.8 Å². The van der Waals surface area contributed by atoms with Crippen LogP contribution in [0.2, 0.25) is 0 Å². The Kier molecular flexibility index (Phi) is 5.00. The molecule has 1 aliphatic carbocycles. The fourth-order valence-corrected chi connectivity index (χ4v) is 2.82. The van der Waals surface area contributed by atoms with Gasteiger partial charge in [-0.15, -0.1) is 0 Å². The molecule has 4 nitrogen and oxygen atoms in total. The molecule has 2 unspecified atom stereocenters. The highest BCUT2D eigenvalue weighted by Crippen LogP contribution is 2.28. The molecule has 2 atom stereocenters. The van der Waals surface area contributed by atoms with Gasteiger partial charge in [0.15, 0.2) is 0 Å². The van der Waals surface area contributed by atoms with E-state index >= 15 is 0 Å². The van der Waals surface area contributed by atoms with Crippen LogP contribution in [0.3, 0.4) is 0 Å². The monoisotopic (exact) mass is 263 g/mol. The van der Waals surface area contributed by atoms with Gasteiger partial charge in [0.1, 0.15) is 0 Å². The van der Waals surface area contributed by atoms with Crippen LogP contribution in [0.15, 0.2) is 6.07 Å². The van der Waals surface area contributed by atoms with Crippen LogP contribution in [0.4, 0.5) is 5.95 Å². The van der Waals surface area contributed by atoms with Gasteiger partial charge in [0, 0.05) is 18.3 Å². The van der Waals surface area contributed by atoms with E-state index in [1.54, 1.807) is 0 Å². The van der Waals surface area contributed by atoms with Crippen LogP contribution in [-0.2, 0) is 0 Å². The lowest BCUT2D eigenvalue weighted by Gasteiger charge is -2.26. The second-order valence-electron chi connectivity index (χ2n) is 5.62. The number of hydrogen-bond acceptors (Lipinski definition) is 4. The summed E-state index contributed by atoms with van der Waals surface area (Å²) in [5.41, 5.74) is 0.943. The third-order valence-electron chi connectivity index (χ3n) is 3.72. The van der Waals surface area contributed by atoms with E-state index < -0.39 is 0 Å². The maximum absolute atomic E-state index is 5.45. The summed E-state index contributed by atoms with van der Waals surface area (Å²) in [5, 5.41) is 3.37. The molecule has 1 aromatic heterocycles. The molecule has 0 spiro atoms. The molecule has 4 heteroatoms. The molecule has 1 aliphatic rings. The largest absolute Gasteiger partial charge is 0.478 e. The molecule has 1 fully saturated rings. The van der Waals surface area contributed by atoms with E-state index in [2.05, 4.69) is 22.2 Å². The molecule has 1 heterocycles. The zero-order valence-corrected chi connectivity index (χ0v) is 12.3. The van der Waals surface area contributed by atoms with Crippen LogP contribution >= 0.6 is 0 Å². The third kappa shape index (κ3) is 4.37. The molecule has 0 saturated heterocycles. The summed E-state index contributed by atoms with van der Waals surface area (Å²) in [7, 11) is 0. The molecule has 1 saturated carbocycles. The van der Waals surface area contributed by atoms with E-state index in [1.165, 1.54) is 25.7 Å². The number of aryl methyl sites for hydroxylation is 1. The van der Waals surface area contributed by atoms with Crippen molar-refractivity contribution < 1.29 is 4.74 Å². The average molecular weight is 263 g/mol. The number of nitrogens with one attached hydrogen (secondary N) is 1. The van der Waals surface area contributed by atoms with Crippen LogP contribution in [0.25, 0.3) is 0 Å². The Hall–Kier alpha value is -1.32. The number of nitrogens with zero attached hydrogens (tertiary/aromatic N) is 2. The van der Waals surface area contributed by atoms with Gasteiger partial charge < -0.3 is 10.1 Å². The number of hydrogen-bond donors (Lipinski definition) is 1. The molecule has 1 N–H and O–H groups in total. The van der Waals surface area contributed by atoms with Gasteiger partial charge in [-0.1, -0.05) is 19.8 Å². The van der Waals surface area contributed by atoms with E-state index in [4.69, 9.17) is 4.74 Å². The third-order valence-corrected chi connectivity index (χ3v) is 3.72. The molecule has 0 radical (unpaired) electrons. The van der Waals surface area contributed by atoms with Crippen molar-refractivity contribution in [2.75, 3.05) is 18.5 Å². The van der Waals surface area contributed by atoms with Crippen LogP contribution in [0.5, 0.6) is 5.88 Å². The van der Waals surface area contributed by atoms with Crippen LogP contribution in [-0.4, -0.2) is 23.1 Å². The molecule has 0 aliphatic heterocycles. The predicted molar refractivity (Wildman–Crippen MR) is 77.5 cm³/mol. The lowest BCUT2D eigenvalue weighted by atomic mass is 9.82. The van der Waals surface area contributed by atoms with Crippen molar-refractivity contribution in [3.63, 3.8) is 0 Å². The minimum absolute atomic E-state index is 0.635. The normalized spacial score (nSPS) is 23.1. The van der Waals surface area contributed by atoms with Crippen molar-refractivity contribution >= 4 is 5.95 Å². The molecule has 106 valence electrons. The van der Waals surface area contributed by atoms with Gasteiger partial charge in [-0.25, -0.2) is 4.98 Å². The minimum atomic E-state index is 0.635.